The van der Waals surface area contributed by atoms with Gasteiger partial charge in [0, 0.05) is 18.9 Å². The Kier molecular flexibility index (Phi) is 3.50. The second-order valence-electron chi connectivity index (χ2n) is 4.72. The number of hydrogen-bond acceptors (Lipinski definition) is 3. The average molecular weight is 261 g/mol. The van der Waals surface area contributed by atoms with Crippen LogP contribution in [0.2, 0.25) is 0 Å². The number of nitrogens with zero attached hydrogens (tertiary/aromatic N) is 2. The van der Waals surface area contributed by atoms with Crippen molar-refractivity contribution in [3.63, 3.8) is 0 Å². The fraction of sp³-hybridized carbons (Fsp3) is 0.308. The molecule has 6 heteroatoms. The van der Waals surface area contributed by atoms with Gasteiger partial charge in [0.2, 0.25) is 0 Å². The fourth-order valence-corrected chi connectivity index (χ4v) is 1.86. The Bertz CT molecular complexity index is 642. The number of carboxylic acids is 1. The lowest BCUT2D eigenvalue weighted by Crippen LogP contribution is -2.27. The van der Waals surface area contributed by atoms with Gasteiger partial charge in [-0.1, -0.05) is 13.8 Å². The largest absolute Gasteiger partial charge is 0.478 e. The minimum absolute atomic E-state index is 0.0164. The van der Waals surface area contributed by atoms with Gasteiger partial charge in [-0.3, -0.25) is 4.57 Å². The molecule has 19 heavy (non-hydrogen) atoms. The maximum absolute atomic E-state index is 11.9. The van der Waals surface area contributed by atoms with Crippen molar-refractivity contribution < 1.29 is 9.90 Å². The highest BCUT2D eigenvalue weighted by Crippen LogP contribution is 2.18. The molecule has 0 unspecified atom stereocenters. The zero-order chi connectivity index (χ0) is 14.0. The minimum atomic E-state index is -1.10. The number of carboxylic acid groups (broad SMARTS) is 1. The Morgan fingerprint density at radius 2 is 2.26 bits per heavy atom. The molecule has 0 amide bonds. The number of H-pyrrole nitrogens is 1. The molecule has 2 heterocycles. The van der Waals surface area contributed by atoms with Gasteiger partial charge in [-0.2, -0.15) is 4.98 Å². The molecule has 2 N–H and O–H groups in total. The molecule has 0 spiro atoms. The van der Waals surface area contributed by atoms with E-state index < -0.39 is 11.7 Å². The van der Waals surface area contributed by atoms with Gasteiger partial charge >= 0.3 is 11.7 Å². The first-order valence-corrected chi connectivity index (χ1v) is 5.97. The molecule has 0 saturated carbocycles. The summed E-state index contributed by atoms with van der Waals surface area (Å²) < 4.78 is 1.33. The Morgan fingerprint density at radius 1 is 1.53 bits per heavy atom. The smallest absolute Gasteiger partial charge is 0.348 e. The summed E-state index contributed by atoms with van der Waals surface area (Å²) in [5, 5.41) is 9.24. The van der Waals surface area contributed by atoms with Gasteiger partial charge in [-0.15, -0.1) is 0 Å². The van der Waals surface area contributed by atoms with Crippen molar-refractivity contribution in [3.05, 3.63) is 40.6 Å². The molecule has 2 aromatic rings. The Morgan fingerprint density at radius 3 is 2.79 bits per heavy atom. The predicted octanol–water partition coefficient (Wildman–Crippen LogP) is 1.59. The summed E-state index contributed by atoms with van der Waals surface area (Å²) in [5.74, 6) is -0.868. The average Bonchev–Trinajstić information content (AvgIpc) is 2.83. The Hall–Kier alpha value is -2.37. The summed E-state index contributed by atoms with van der Waals surface area (Å²) in [4.78, 5) is 29.9. The molecule has 2 rings (SSSR count). The molecule has 0 aromatic carbocycles. The summed E-state index contributed by atoms with van der Waals surface area (Å²) in [6.07, 6.45) is 3.01. The van der Waals surface area contributed by atoms with Crippen molar-refractivity contribution in [1.82, 2.24) is 14.5 Å². The van der Waals surface area contributed by atoms with Gasteiger partial charge in [0.15, 0.2) is 0 Å². The van der Waals surface area contributed by atoms with Crippen molar-refractivity contribution in [2.45, 2.75) is 20.4 Å². The van der Waals surface area contributed by atoms with E-state index in [0.29, 0.717) is 12.2 Å². The minimum Gasteiger partial charge on any atom is -0.478 e. The number of carbonyl (C=O) groups is 1. The molecule has 0 fully saturated rings. The van der Waals surface area contributed by atoms with Gasteiger partial charge in [0.05, 0.1) is 5.69 Å². The lowest BCUT2D eigenvalue weighted by Gasteiger charge is -2.10. The lowest BCUT2D eigenvalue weighted by atomic mass is 10.1. The molecular formula is C13H15N3O3. The molecule has 100 valence electrons. The summed E-state index contributed by atoms with van der Waals surface area (Å²) in [6.45, 7) is 4.34. The van der Waals surface area contributed by atoms with Crippen molar-refractivity contribution in [3.8, 4) is 11.4 Å². The third-order valence-corrected chi connectivity index (χ3v) is 2.64. The van der Waals surface area contributed by atoms with Crippen molar-refractivity contribution in [2.75, 3.05) is 0 Å². The van der Waals surface area contributed by atoms with Crippen molar-refractivity contribution in [1.29, 1.82) is 0 Å². The van der Waals surface area contributed by atoms with E-state index in [1.807, 2.05) is 13.8 Å². The highest BCUT2D eigenvalue weighted by Gasteiger charge is 2.17. The van der Waals surface area contributed by atoms with E-state index >= 15 is 0 Å². The number of rotatable bonds is 4. The molecule has 0 aliphatic heterocycles. The highest BCUT2D eigenvalue weighted by atomic mass is 16.4. The van der Waals surface area contributed by atoms with Crippen LogP contribution in [-0.4, -0.2) is 25.6 Å². The Labute approximate surface area is 109 Å². The first-order chi connectivity index (χ1) is 8.99. The van der Waals surface area contributed by atoms with E-state index in [0.717, 1.165) is 0 Å². The molecule has 0 atom stereocenters. The van der Waals surface area contributed by atoms with Gasteiger partial charge in [-0.25, -0.2) is 9.59 Å². The maximum Gasteiger partial charge on any atom is 0.348 e. The van der Waals surface area contributed by atoms with Crippen LogP contribution in [0.15, 0.2) is 29.3 Å². The van der Waals surface area contributed by atoms with Crippen LogP contribution in [-0.2, 0) is 6.54 Å². The van der Waals surface area contributed by atoms with E-state index in [1.165, 1.54) is 10.8 Å². The van der Waals surface area contributed by atoms with Crippen LogP contribution in [0.3, 0.4) is 0 Å². The van der Waals surface area contributed by atoms with Crippen LogP contribution in [0.1, 0.15) is 24.2 Å². The maximum atomic E-state index is 11.9. The van der Waals surface area contributed by atoms with Crippen molar-refractivity contribution in [2.24, 2.45) is 5.92 Å². The number of hydrogen-bond donors (Lipinski definition) is 2. The third kappa shape index (κ3) is 2.73. The van der Waals surface area contributed by atoms with Crippen LogP contribution >= 0.6 is 0 Å². The van der Waals surface area contributed by atoms with E-state index in [9.17, 15) is 14.7 Å². The molecule has 6 nitrogen and oxygen atoms in total. The highest BCUT2D eigenvalue weighted by molar-refractivity contribution is 5.93. The quantitative estimate of drug-likeness (QED) is 0.874. The van der Waals surface area contributed by atoms with Gasteiger partial charge in [-0.05, 0) is 18.1 Å². The van der Waals surface area contributed by atoms with Gasteiger partial charge in [0.1, 0.15) is 11.3 Å². The van der Waals surface area contributed by atoms with E-state index in [1.54, 1.807) is 18.3 Å². The van der Waals surface area contributed by atoms with Gasteiger partial charge < -0.3 is 10.1 Å². The van der Waals surface area contributed by atoms with Crippen LogP contribution in [0.4, 0.5) is 0 Å². The van der Waals surface area contributed by atoms with Gasteiger partial charge in [0.25, 0.3) is 0 Å². The van der Waals surface area contributed by atoms with E-state index in [-0.39, 0.29) is 17.2 Å². The topological polar surface area (TPSA) is 88.0 Å². The first kappa shape index (κ1) is 13.1. The lowest BCUT2D eigenvalue weighted by molar-refractivity contribution is 0.0696. The molecule has 0 bridgehead atoms. The van der Waals surface area contributed by atoms with Crippen LogP contribution in [0.25, 0.3) is 11.4 Å². The van der Waals surface area contributed by atoms with E-state index in [4.69, 9.17) is 0 Å². The monoisotopic (exact) mass is 261 g/mol. The number of aromatic amines is 1. The van der Waals surface area contributed by atoms with Crippen LogP contribution < -0.4 is 5.69 Å². The molecular weight excluding hydrogens is 246 g/mol. The van der Waals surface area contributed by atoms with Crippen molar-refractivity contribution >= 4 is 5.97 Å². The molecule has 0 radical (unpaired) electrons. The normalized spacial score (nSPS) is 10.9. The second kappa shape index (κ2) is 5.09. The fourth-order valence-electron chi connectivity index (χ4n) is 1.86. The molecule has 0 aliphatic carbocycles. The summed E-state index contributed by atoms with van der Waals surface area (Å²) in [7, 11) is 0. The van der Waals surface area contributed by atoms with Crippen LogP contribution in [0, 0.1) is 5.92 Å². The Balaban J connectivity index is 2.59. The molecule has 0 saturated heterocycles. The first-order valence-electron chi connectivity index (χ1n) is 5.97. The van der Waals surface area contributed by atoms with Crippen LogP contribution in [0.5, 0.6) is 0 Å². The van der Waals surface area contributed by atoms with E-state index in [2.05, 4.69) is 9.97 Å². The summed E-state index contributed by atoms with van der Waals surface area (Å²) in [5.41, 5.74) is 0.264. The second-order valence-corrected chi connectivity index (χ2v) is 4.72. The SMILES string of the molecule is CC(C)Cn1cc(C(=O)O)c(-c2ccc[nH]2)nc1=O. The molecule has 2 aromatic heterocycles. The predicted molar refractivity (Wildman–Crippen MR) is 70.1 cm³/mol. The number of nitrogens with one attached hydrogen (secondary N) is 1. The zero-order valence-electron chi connectivity index (χ0n) is 10.8. The third-order valence-electron chi connectivity index (χ3n) is 2.64. The number of aromatic nitrogens is 3. The summed E-state index contributed by atoms with van der Waals surface area (Å²) in [6, 6.07) is 3.41. The zero-order valence-corrected chi connectivity index (χ0v) is 10.8. The standard InChI is InChI=1S/C13H15N3O3/c1-8(2)6-16-7-9(12(17)18)11(15-13(16)19)10-4-3-5-14-10/h3-5,7-8,14H,6H2,1-2H3,(H,17,18). The summed E-state index contributed by atoms with van der Waals surface area (Å²) >= 11 is 0. The number of aromatic carboxylic acids is 1. The molecule has 0 aliphatic rings.